The van der Waals surface area contributed by atoms with Gasteiger partial charge in [0.25, 0.3) is 0 Å². The van der Waals surface area contributed by atoms with Gasteiger partial charge in [0.1, 0.15) is 6.04 Å². The Morgan fingerprint density at radius 1 is 1.64 bits per heavy atom. The SMILES string of the molecule is COCC(NCC1(CO)CC1)C(=O)O. The maximum absolute atomic E-state index is 10.7. The van der Waals surface area contributed by atoms with Gasteiger partial charge >= 0.3 is 5.97 Å². The molecule has 0 amide bonds. The molecule has 1 aliphatic carbocycles. The van der Waals surface area contributed by atoms with Crippen LogP contribution in [0.5, 0.6) is 0 Å². The number of aliphatic hydroxyl groups is 1. The molecule has 1 atom stereocenters. The number of carboxylic acids is 1. The molecule has 5 heteroatoms. The third kappa shape index (κ3) is 2.94. The van der Waals surface area contributed by atoms with Crippen molar-refractivity contribution in [2.45, 2.75) is 18.9 Å². The summed E-state index contributed by atoms with van der Waals surface area (Å²) in [6.45, 7) is 0.819. The maximum Gasteiger partial charge on any atom is 0.323 e. The van der Waals surface area contributed by atoms with Gasteiger partial charge in [-0.15, -0.1) is 0 Å². The van der Waals surface area contributed by atoms with Crippen molar-refractivity contribution in [3.05, 3.63) is 0 Å². The van der Waals surface area contributed by atoms with Crippen molar-refractivity contribution in [1.82, 2.24) is 5.32 Å². The second-order valence-corrected chi connectivity index (χ2v) is 3.89. The number of nitrogens with one attached hydrogen (secondary N) is 1. The van der Waals surface area contributed by atoms with Crippen molar-refractivity contribution < 1.29 is 19.7 Å². The van der Waals surface area contributed by atoms with Crippen molar-refractivity contribution in [1.29, 1.82) is 0 Å². The third-order valence-corrected chi connectivity index (χ3v) is 2.65. The van der Waals surface area contributed by atoms with Gasteiger partial charge in [0.15, 0.2) is 0 Å². The van der Waals surface area contributed by atoms with Crippen molar-refractivity contribution >= 4 is 5.97 Å². The Morgan fingerprint density at radius 2 is 2.29 bits per heavy atom. The molecule has 0 heterocycles. The van der Waals surface area contributed by atoms with Gasteiger partial charge in [-0.2, -0.15) is 0 Å². The number of ether oxygens (including phenoxy) is 1. The molecule has 1 aliphatic rings. The highest BCUT2D eigenvalue weighted by atomic mass is 16.5. The number of hydrogen-bond donors (Lipinski definition) is 3. The zero-order valence-corrected chi connectivity index (χ0v) is 8.32. The first-order valence-electron chi connectivity index (χ1n) is 4.69. The van der Waals surface area contributed by atoms with Crippen LogP contribution >= 0.6 is 0 Å². The third-order valence-electron chi connectivity index (χ3n) is 2.65. The van der Waals surface area contributed by atoms with E-state index in [-0.39, 0.29) is 18.6 Å². The predicted molar refractivity (Wildman–Crippen MR) is 50.1 cm³/mol. The molecule has 1 rings (SSSR count). The molecule has 0 aromatic rings. The highest BCUT2D eigenvalue weighted by Gasteiger charge is 2.42. The smallest absolute Gasteiger partial charge is 0.323 e. The molecular weight excluding hydrogens is 186 g/mol. The summed E-state index contributed by atoms with van der Waals surface area (Å²) in [5.41, 5.74) is -0.0680. The average Bonchev–Trinajstić information content (AvgIpc) is 2.92. The van der Waals surface area contributed by atoms with Crippen LogP contribution in [0, 0.1) is 5.41 Å². The lowest BCUT2D eigenvalue weighted by Gasteiger charge is -2.17. The van der Waals surface area contributed by atoms with E-state index < -0.39 is 12.0 Å². The van der Waals surface area contributed by atoms with Crippen LogP contribution in [0.15, 0.2) is 0 Å². The Labute approximate surface area is 83.1 Å². The van der Waals surface area contributed by atoms with E-state index in [0.29, 0.717) is 6.54 Å². The van der Waals surface area contributed by atoms with E-state index in [1.165, 1.54) is 7.11 Å². The standard InChI is InChI=1S/C9H17NO4/c1-14-4-7(8(12)13)10-5-9(6-11)2-3-9/h7,10-11H,2-6H2,1H3,(H,12,13). The molecule has 0 aromatic heterocycles. The zero-order chi connectivity index (χ0) is 10.6. The second-order valence-electron chi connectivity index (χ2n) is 3.89. The highest BCUT2D eigenvalue weighted by molar-refractivity contribution is 5.73. The van der Waals surface area contributed by atoms with E-state index in [1.807, 2.05) is 0 Å². The summed E-state index contributed by atoms with van der Waals surface area (Å²) in [5, 5.41) is 20.7. The van der Waals surface area contributed by atoms with Crippen LogP contribution in [0.1, 0.15) is 12.8 Å². The van der Waals surface area contributed by atoms with E-state index in [9.17, 15) is 4.79 Å². The van der Waals surface area contributed by atoms with Crippen LogP contribution in [-0.4, -0.2) is 49.1 Å². The molecular formula is C9H17NO4. The fraction of sp³-hybridized carbons (Fsp3) is 0.889. The minimum atomic E-state index is -0.916. The fourth-order valence-electron chi connectivity index (χ4n) is 1.29. The lowest BCUT2D eigenvalue weighted by Crippen LogP contribution is -2.43. The Hall–Kier alpha value is -0.650. The molecule has 5 nitrogen and oxygen atoms in total. The summed E-state index contributed by atoms with van der Waals surface area (Å²) in [6, 6.07) is -0.677. The van der Waals surface area contributed by atoms with Crippen molar-refractivity contribution in [3.8, 4) is 0 Å². The fourth-order valence-corrected chi connectivity index (χ4v) is 1.29. The molecule has 1 saturated carbocycles. The van der Waals surface area contributed by atoms with Crippen LogP contribution in [0.2, 0.25) is 0 Å². The van der Waals surface area contributed by atoms with Gasteiger partial charge in [-0.1, -0.05) is 0 Å². The largest absolute Gasteiger partial charge is 0.480 e. The maximum atomic E-state index is 10.7. The van der Waals surface area contributed by atoms with Crippen LogP contribution in [0.3, 0.4) is 0 Å². The molecule has 0 aromatic carbocycles. The topological polar surface area (TPSA) is 78.8 Å². The normalized spacial score (nSPS) is 20.4. The van der Waals surface area contributed by atoms with Gasteiger partial charge in [0, 0.05) is 25.7 Å². The molecule has 0 spiro atoms. The first-order valence-corrected chi connectivity index (χ1v) is 4.69. The van der Waals surface area contributed by atoms with E-state index in [4.69, 9.17) is 14.9 Å². The average molecular weight is 203 g/mol. The second kappa shape index (κ2) is 4.72. The number of carboxylic acid groups (broad SMARTS) is 1. The van der Waals surface area contributed by atoms with Gasteiger partial charge in [-0.3, -0.25) is 4.79 Å². The minimum Gasteiger partial charge on any atom is -0.480 e. The zero-order valence-electron chi connectivity index (χ0n) is 8.32. The van der Waals surface area contributed by atoms with E-state index in [1.54, 1.807) is 0 Å². The van der Waals surface area contributed by atoms with Crippen LogP contribution in [0.4, 0.5) is 0 Å². The summed E-state index contributed by atoms with van der Waals surface area (Å²) < 4.78 is 4.78. The van der Waals surface area contributed by atoms with Crippen LogP contribution < -0.4 is 5.32 Å². The van der Waals surface area contributed by atoms with Crippen molar-refractivity contribution in [2.24, 2.45) is 5.41 Å². The van der Waals surface area contributed by atoms with E-state index in [2.05, 4.69) is 5.32 Å². The Morgan fingerprint density at radius 3 is 2.64 bits per heavy atom. The number of hydrogen-bond acceptors (Lipinski definition) is 4. The minimum absolute atomic E-state index is 0.0680. The van der Waals surface area contributed by atoms with E-state index >= 15 is 0 Å². The summed E-state index contributed by atoms with van der Waals surface area (Å²) in [5.74, 6) is -0.916. The summed E-state index contributed by atoms with van der Waals surface area (Å²) in [4.78, 5) is 10.7. The van der Waals surface area contributed by atoms with Crippen LogP contribution in [0.25, 0.3) is 0 Å². The lowest BCUT2D eigenvalue weighted by atomic mass is 10.1. The molecule has 0 saturated heterocycles. The molecule has 1 fully saturated rings. The van der Waals surface area contributed by atoms with Gasteiger partial charge in [0.05, 0.1) is 6.61 Å². The first-order chi connectivity index (χ1) is 6.63. The summed E-state index contributed by atoms with van der Waals surface area (Å²) >= 11 is 0. The molecule has 82 valence electrons. The predicted octanol–water partition coefficient (Wildman–Crippen LogP) is -0.552. The molecule has 1 unspecified atom stereocenters. The first kappa shape index (κ1) is 11.4. The van der Waals surface area contributed by atoms with Gasteiger partial charge in [-0.25, -0.2) is 0 Å². The molecule has 14 heavy (non-hydrogen) atoms. The molecule has 0 bridgehead atoms. The number of carbonyl (C=O) groups is 1. The van der Waals surface area contributed by atoms with Crippen molar-refractivity contribution in [3.63, 3.8) is 0 Å². The van der Waals surface area contributed by atoms with Crippen molar-refractivity contribution in [2.75, 3.05) is 26.9 Å². The Kier molecular flexibility index (Phi) is 3.86. The quantitative estimate of drug-likeness (QED) is 0.517. The number of rotatable bonds is 7. The number of aliphatic hydroxyl groups excluding tert-OH is 1. The molecule has 0 radical (unpaired) electrons. The Bertz CT molecular complexity index is 203. The van der Waals surface area contributed by atoms with Crippen LogP contribution in [-0.2, 0) is 9.53 Å². The number of methoxy groups -OCH3 is 1. The summed E-state index contributed by atoms with van der Waals surface area (Å²) in [6.07, 6.45) is 1.94. The monoisotopic (exact) mass is 203 g/mol. The number of aliphatic carboxylic acids is 1. The Balaban J connectivity index is 2.29. The summed E-state index contributed by atoms with van der Waals surface area (Å²) in [7, 11) is 1.47. The highest BCUT2D eigenvalue weighted by Crippen LogP contribution is 2.44. The molecule has 0 aliphatic heterocycles. The lowest BCUT2D eigenvalue weighted by molar-refractivity contribution is -0.140. The van der Waals surface area contributed by atoms with Gasteiger partial charge in [0.2, 0.25) is 0 Å². The van der Waals surface area contributed by atoms with Gasteiger partial charge < -0.3 is 20.3 Å². The van der Waals surface area contributed by atoms with Gasteiger partial charge in [-0.05, 0) is 12.8 Å². The molecule has 3 N–H and O–H groups in total. The van der Waals surface area contributed by atoms with E-state index in [0.717, 1.165) is 12.8 Å².